The van der Waals surface area contributed by atoms with Crippen LogP contribution < -0.4 is 10.1 Å². The summed E-state index contributed by atoms with van der Waals surface area (Å²) in [5.41, 5.74) is 0.906. The first-order valence-electron chi connectivity index (χ1n) is 6.61. The summed E-state index contributed by atoms with van der Waals surface area (Å²) >= 11 is 0. The molecule has 0 spiro atoms. The van der Waals surface area contributed by atoms with E-state index in [2.05, 4.69) is 5.32 Å². The third-order valence-corrected chi connectivity index (χ3v) is 3.36. The van der Waals surface area contributed by atoms with Gasteiger partial charge in [0.1, 0.15) is 5.75 Å². The highest BCUT2D eigenvalue weighted by Crippen LogP contribution is 2.33. The molecule has 0 aliphatic carbocycles. The van der Waals surface area contributed by atoms with Gasteiger partial charge in [-0.05, 0) is 12.5 Å². The van der Waals surface area contributed by atoms with E-state index in [9.17, 15) is 9.59 Å². The summed E-state index contributed by atoms with van der Waals surface area (Å²) in [4.78, 5) is 23.7. The molecule has 1 aliphatic heterocycles. The number of hydrogen-bond donors (Lipinski definition) is 1. The summed E-state index contributed by atoms with van der Waals surface area (Å²) in [7, 11) is 0. The molecule has 1 amide bonds. The predicted molar refractivity (Wildman–Crippen MR) is 72.1 cm³/mol. The van der Waals surface area contributed by atoms with Gasteiger partial charge in [0.15, 0.2) is 5.78 Å². The molecule has 2 rings (SSSR count). The molecule has 19 heavy (non-hydrogen) atoms. The highest BCUT2D eigenvalue weighted by molar-refractivity contribution is 5.90. The van der Waals surface area contributed by atoms with Crippen LogP contribution in [0.15, 0.2) is 24.3 Å². The van der Waals surface area contributed by atoms with Gasteiger partial charge in [0.2, 0.25) is 5.91 Å². The number of fused-ring (bicyclic) bond motifs is 1. The summed E-state index contributed by atoms with van der Waals surface area (Å²) in [6, 6.07) is 7.56. The molecule has 0 fully saturated rings. The molecule has 0 saturated carbocycles. The Morgan fingerprint density at radius 2 is 2.11 bits per heavy atom. The van der Waals surface area contributed by atoms with Crippen molar-refractivity contribution in [3.63, 3.8) is 0 Å². The van der Waals surface area contributed by atoms with Crippen molar-refractivity contribution in [3.8, 4) is 5.75 Å². The average Bonchev–Trinajstić information content (AvgIpc) is 2.43. The maximum absolute atomic E-state index is 12.2. The van der Waals surface area contributed by atoms with Gasteiger partial charge in [-0.15, -0.1) is 0 Å². The Balaban J connectivity index is 2.03. The number of carbonyl (C=O) groups is 2. The van der Waals surface area contributed by atoms with Gasteiger partial charge in [0.25, 0.3) is 0 Å². The van der Waals surface area contributed by atoms with Crippen molar-refractivity contribution in [2.45, 2.75) is 26.2 Å². The zero-order valence-corrected chi connectivity index (χ0v) is 11.3. The van der Waals surface area contributed by atoms with E-state index in [1.54, 1.807) is 0 Å². The quantitative estimate of drug-likeness (QED) is 0.900. The first-order chi connectivity index (χ1) is 9.09. The minimum atomic E-state index is -0.218. The fourth-order valence-electron chi connectivity index (χ4n) is 2.12. The minimum Gasteiger partial charge on any atom is -0.493 e. The van der Waals surface area contributed by atoms with Gasteiger partial charge in [0.05, 0.1) is 19.1 Å². The normalized spacial score (nSPS) is 17.5. The van der Waals surface area contributed by atoms with Crippen LogP contribution in [0.4, 0.5) is 0 Å². The number of ketones is 1. The Morgan fingerprint density at radius 1 is 1.37 bits per heavy atom. The Bertz CT molecular complexity index is 482. The summed E-state index contributed by atoms with van der Waals surface area (Å²) < 4.78 is 5.52. The van der Waals surface area contributed by atoms with E-state index >= 15 is 0 Å². The SMILES string of the molecule is CC(C)C(=O)CNC(=O)C1CCOc2ccccc21. The molecule has 1 aromatic carbocycles. The van der Waals surface area contributed by atoms with Crippen LogP contribution in [0.3, 0.4) is 0 Å². The van der Waals surface area contributed by atoms with Gasteiger partial charge in [-0.2, -0.15) is 0 Å². The van der Waals surface area contributed by atoms with Crippen LogP contribution in [-0.2, 0) is 9.59 Å². The van der Waals surface area contributed by atoms with Crippen molar-refractivity contribution in [1.82, 2.24) is 5.32 Å². The van der Waals surface area contributed by atoms with Crippen LogP contribution in [-0.4, -0.2) is 24.8 Å². The number of rotatable bonds is 4. The maximum Gasteiger partial charge on any atom is 0.228 e. The molecular formula is C15H19NO3. The number of hydrogen-bond acceptors (Lipinski definition) is 3. The standard InChI is InChI=1S/C15H19NO3/c1-10(2)13(17)9-16-15(18)12-7-8-19-14-6-4-3-5-11(12)14/h3-6,10,12H,7-9H2,1-2H3,(H,16,18). The topological polar surface area (TPSA) is 55.4 Å². The van der Waals surface area contributed by atoms with Crippen LogP contribution >= 0.6 is 0 Å². The van der Waals surface area contributed by atoms with Gasteiger partial charge in [-0.1, -0.05) is 32.0 Å². The second kappa shape index (κ2) is 5.87. The molecule has 1 aliphatic rings. The number of nitrogens with one attached hydrogen (secondary N) is 1. The van der Waals surface area contributed by atoms with E-state index in [4.69, 9.17) is 4.74 Å². The molecular weight excluding hydrogens is 242 g/mol. The van der Waals surface area contributed by atoms with Crippen molar-refractivity contribution in [2.75, 3.05) is 13.2 Å². The lowest BCUT2D eigenvalue weighted by molar-refractivity contribution is -0.127. The van der Waals surface area contributed by atoms with Gasteiger partial charge < -0.3 is 10.1 Å². The third kappa shape index (κ3) is 3.13. The highest BCUT2D eigenvalue weighted by atomic mass is 16.5. The molecule has 4 nitrogen and oxygen atoms in total. The number of Topliss-reactive ketones (excluding diaryl/α,β-unsaturated/α-hetero) is 1. The second-order valence-corrected chi connectivity index (χ2v) is 5.07. The Labute approximate surface area is 113 Å². The molecule has 0 aromatic heterocycles. The monoisotopic (exact) mass is 261 g/mol. The second-order valence-electron chi connectivity index (χ2n) is 5.07. The molecule has 1 atom stereocenters. The average molecular weight is 261 g/mol. The van der Waals surface area contributed by atoms with Crippen LogP contribution in [0, 0.1) is 5.92 Å². The van der Waals surface area contributed by atoms with Gasteiger partial charge >= 0.3 is 0 Å². The summed E-state index contributed by atoms with van der Waals surface area (Å²) in [5, 5.41) is 2.73. The number of ether oxygens (including phenoxy) is 1. The largest absolute Gasteiger partial charge is 0.493 e. The fraction of sp³-hybridized carbons (Fsp3) is 0.467. The zero-order valence-electron chi connectivity index (χ0n) is 11.3. The predicted octanol–water partition coefficient (Wildman–Crippen LogP) is 1.89. The molecule has 0 bridgehead atoms. The first-order valence-corrected chi connectivity index (χ1v) is 6.61. The zero-order chi connectivity index (χ0) is 13.8. The van der Waals surface area contributed by atoms with E-state index in [0.717, 1.165) is 11.3 Å². The van der Waals surface area contributed by atoms with E-state index in [-0.39, 0.29) is 30.1 Å². The molecule has 102 valence electrons. The van der Waals surface area contributed by atoms with Crippen molar-refractivity contribution < 1.29 is 14.3 Å². The van der Waals surface area contributed by atoms with Crippen molar-refractivity contribution in [3.05, 3.63) is 29.8 Å². The summed E-state index contributed by atoms with van der Waals surface area (Å²) in [6.45, 7) is 4.31. The van der Waals surface area contributed by atoms with Gasteiger partial charge in [-0.3, -0.25) is 9.59 Å². The third-order valence-electron chi connectivity index (χ3n) is 3.36. The summed E-state index contributed by atoms with van der Waals surface area (Å²) in [6.07, 6.45) is 0.652. The molecule has 1 N–H and O–H groups in total. The molecule has 0 saturated heterocycles. The Hall–Kier alpha value is -1.84. The smallest absolute Gasteiger partial charge is 0.228 e. The lowest BCUT2D eigenvalue weighted by Gasteiger charge is -2.25. The lowest BCUT2D eigenvalue weighted by Crippen LogP contribution is -2.36. The fourth-order valence-corrected chi connectivity index (χ4v) is 2.12. The number of amides is 1. The van der Waals surface area contributed by atoms with E-state index in [1.807, 2.05) is 38.1 Å². The number of para-hydroxylation sites is 1. The van der Waals surface area contributed by atoms with E-state index in [0.29, 0.717) is 13.0 Å². The van der Waals surface area contributed by atoms with Crippen molar-refractivity contribution in [1.29, 1.82) is 0 Å². The Kier molecular flexibility index (Phi) is 4.20. The van der Waals surface area contributed by atoms with Gasteiger partial charge in [-0.25, -0.2) is 0 Å². The van der Waals surface area contributed by atoms with Gasteiger partial charge in [0, 0.05) is 11.5 Å². The Morgan fingerprint density at radius 3 is 2.84 bits per heavy atom. The highest BCUT2D eigenvalue weighted by Gasteiger charge is 2.27. The van der Waals surface area contributed by atoms with Crippen molar-refractivity contribution >= 4 is 11.7 Å². The summed E-state index contributed by atoms with van der Waals surface area (Å²) in [5.74, 6) is 0.453. The molecule has 1 unspecified atom stereocenters. The number of benzene rings is 1. The molecule has 4 heteroatoms. The van der Waals surface area contributed by atoms with Crippen LogP contribution in [0.5, 0.6) is 5.75 Å². The van der Waals surface area contributed by atoms with Crippen molar-refractivity contribution in [2.24, 2.45) is 5.92 Å². The minimum absolute atomic E-state index is 0.0497. The molecule has 1 heterocycles. The molecule has 1 aromatic rings. The number of carbonyl (C=O) groups excluding carboxylic acids is 2. The molecule has 0 radical (unpaired) electrons. The van der Waals surface area contributed by atoms with Crippen LogP contribution in [0.25, 0.3) is 0 Å². The van der Waals surface area contributed by atoms with E-state index in [1.165, 1.54) is 0 Å². The van der Waals surface area contributed by atoms with E-state index < -0.39 is 0 Å². The van der Waals surface area contributed by atoms with Crippen LogP contribution in [0.2, 0.25) is 0 Å². The van der Waals surface area contributed by atoms with Crippen LogP contribution in [0.1, 0.15) is 31.7 Å². The first kappa shape index (κ1) is 13.6. The lowest BCUT2D eigenvalue weighted by atomic mass is 9.92. The maximum atomic E-state index is 12.2.